The highest BCUT2D eigenvalue weighted by Crippen LogP contribution is 2.53. The van der Waals surface area contributed by atoms with Crippen molar-refractivity contribution in [2.24, 2.45) is 16.0 Å². The number of urea groups is 1. The van der Waals surface area contributed by atoms with Gasteiger partial charge in [-0.1, -0.05) is 12.5 Å². The number of carbonyl (C=O) groups excluding carboxylic acids is 6. The molecule has 0 aliphatic carbocycles. The molecule has 4 aliphatic rings. The number of aliphatic hydroxyl groups excluding tert-OH is 3. The van der Waals surface area contributed by atoms with E-state index in [2.05, 4.69) is 36.8 Å². The van der Waals surface area contributed by atoms with Crippen molar-refractivity contribution in [3.05, 3.63) is 29.3 Å². The number of amides is 6. The van der Waals surface area contributed by atoms with Crippen LogP contribution in [0, 0.1) is 0 Å². The molecule has 6 amide bonds. The number of carbonyl (C=O) groups is 6. The minimum absolute atomic E-state index is 0.0769. The lowest BCUT2D eigenvalue weighted by atomic mass is 9.88. The minimum atomic E-state index is -4.92. The lowest BCUT2D eigenvalue weighted by Crippen LogP contribution is -2.66. The molecule has 1 aromatic carbocycles. The molecule has 4 heterocycles. The summed E-state index contributed by atoms with van der Waals surface area (Å²) in [6.07, 6.45) is -9.59. The number of alkyl halides is 3. The fourth-order valence-corrected chi connectivity index (χ4v) is 8.75. The third kappa shape index (κ3) is 12.3. The number of nitrogens with one attached hydrogen (secondary N) is 5. The van der Waals surface area contributed by atoms with E-state index in [0.717, 1.165) is 43.7 Å². The molecule has 5 rings (SSSR count). The number of ether oxygens (including phenoxy) is 4. The number of thioether (sulfide) groups is 1. The molecule has 9 atom stereocenters. The molecule has 344 valence electrons. The highest BCUT2D eigenvalue weighted by atomic mass is 32.2. The van der Waals surface area contributed by atoms with Crippen LogP contribution >= 0.6 is 11.8 Å². The van der Waals surface area contributed by atoms with Crippen LogP contribution in [0.15, 0.2) is 28.4 Å². The number of halogens is 3. The third-order valence-electron chi connectivity index (χ3n) is 10.5. The van der Waals surface area contributed by atoms with E-state index >= 15 is 0 Å². The van der Waals surface area contributed by atoms with E-state index in [1.54, 1.807) is 0 Å². The zero-order valence-electron chi connectivity index (χ0n) is 33.6. The first-order valence-corrected chi connectivity index (χ1v) is 20.9. The van der Waals surface area contributed by atoms with Crippen LogP contribution in [0.25, 0.3) is 0 Å². The Kier molecular flexibility index (Phi) is 16.9. The van der Waals surface area contributed by atoms with E-state index in [1.165, 1.54) is 0 Å². The van der Waals surface area contributed by atoms with Crippen molar-refractivity contribution in [3.8, 4) is 5.75 Å². The van der Waals surface area contributed by atoms with Crippen molar-refractivity contribution in [2.45, 2.75) is 105 Å². The van der Waals surface area contributed by atoms with Crippen LogP contribution in [0.4, 0.5) is 18.0 Å². The fraction of sp³-hybridized carbons (Fsp3) is 0.676. The molecule has 62 heavy (non-hydrogen) atoms. The molecule has 10 N–H and O–H groups in total. The molecule has 3 fully saturated rings. The number of ketones is 1. The zero-order chi connectivity index (χ0) is 45.2. The summed E-state index contributed by atoms with van der Waals surface area (Å²) in [4.78, 5) is 74.9. The van der Waals surface area contributed by atoms with Crippen LogP contribution in [0.1, 0.15) is 54.9 Å². The van der Waals surface area contributed by atoms with Gasteiger partial charge in [-0.25, -0.2) is 4.79 Å². The topological polar surface area (TPSA) is 311 Å². The summed E-state index contributed by atoms with van der Waals surface area (Å²) in [5.41, 5.74) is 1.76. The number of nitrogens with zero attached hydrogens (tertiary/aromatic N) is 2. The van der Waals surface area contributed by atoms with E-state index in [4.69, 9.17) is 24.7 Å². The Morgan fingerprint density at radius 3 is 2.42 bits per heavy atom. The standard InChI is InChI=1S/C37H51F3N8O13S/c1-18(50)43-29-31(54)30(53)25(16-49)61-32(29)23(51)15-21(33(41)55)44-34(56)20-7-6-19(36(47-48-36)37(38,39)40)14-24(20)60-13-12-59-11-10-58-9-8-42-27(52)5-3-2-4-26-28-22(17-62-26)45-35(57)46-28/h6-7,14,21-22,25-26,28-32,49,53-54H,2-5,8-13,15-17H2,1H3,(H2,41,55)(H,42,52)(H,43,50)(H,44,56)(H2,45,46,57)/t21-,22-,25+,26-,28-,29+,30+,31+,32-/m0/s1. The maximum atomic E-state index is 13.9. The molecule has 25 heteroatoms. The van der Waals surface area contributed by atoms with E-state index in [0.29, 0.717) is 18.1 Å². The number of rotatable bonds is 24. The van der Waals surface area contributed by atoms with Gasteiger partial charge in [0.15, 0.2) is 5.78 Å². The van der Waals surface area contributed by atoms with E-state index in [-0.39, 0.29) is 74.9 Å². The summed E-state index contributed by atoms with van der Waals surface area (Å²) in [6.45, 7) is 0.539. The Hall–Kier alpha value is -4.66. The summed E-state index contributed by atoms with van der Waals surface area (Å²) in [7, 11) is 0. The number of benzene rings is 1. The molecular formula is C37H51F3N8O13S. The van der Waals surface area contributed by atoms with E-state index in [1.807, 2.05) is 11.8 Å². The van der Waals surface area contributed by atoms with Gasteiger partial charge in [0, 0.05) is 42.9 Å². The summed E-state index contributed by atoms with van der Waals surface area (Å²) in [5.74, 6) is -3.63. The second kappa shape index (κ2) is 21.6. The van der Waals surface area contributed by atoms with Gasteiger partial charge in [-0.2, -0.15) is 24.9 Å². The Labute approximate surface area is 357 Å². The van der Waals surface area contributed by atoms with Crippen molar-refractivity contribution in [1.82, 2.24) is 26.6 Å². The number of Topliss-reactive ketones (excluding diaryl/α,β-unsaturated/α-hetero) is 1. The largest absolute Gasteiger partial charge is 0.490 e. The molecule has 0 spiro atoms. The molecule has 0 radical (unpaired) electrons. The van der Waals surface area contributed by atoms with Gasteiger partial charge in [-0.05, 0) is 25.0 Å². The van der Waals surface area contributed by atoms with Crippen LogP contribution < -0.4 is 37.1 Å². The van der Waals surface area contributed by atoms with Gasteiger partial charge in [0.2, 0.25) is 17.7 Å². The van der Waals surface area contributed by atoms with Gasteiger partial charge in [-0.3, -0.25) is 24.0 Å². The maximum Gasteiger partial charge on any atom is 0.442 e. The molecule has 21 nitrogen and oxygen atoms in total. The van der Waals surface area contributed by atoms with Gasteiger partial charge in [0.25, 0.3) is 5.91 Å². The van der Waals surface area contributed by atoms with Gasteiger partial charge in [0.05, 0.1) is 56.7 Å². The van der Waals surface area contributed by atoms with Crippen LogP contribution in [-0.4, -0.2) is 163 Å². The zero-order valence-corrected chi connectivity index (χ0v) is 34.4. The monoisotopic (exact) mass is 904 g/mol. The molecule has 0 bridgehead atoms. The van der Waals surface area contributed by atoms with Crippen LogP contribution in [0.3, 0.4) is 0 Å². The average molecular weight is 905 g/mol. The fourth-order valence-electron chi connectivity index (χ4n) is 7.21. The van der Waals surface area contributed by atoms with Gasteiger partial charge >= 0.3 is 17.9 Å². The minimum Gasteiger partial charge on any atom is -0.490 e. The number of hydrogen-bond donors (Lipinski definition) is 9. The first kappa shape index (κ1) is 48.4. The van der Waals surface area contributed by atoms with Crippen molar-refractivity contribution in [2.75, 3.05) is 51.9 Å². The second-order valence-electron chi connectivity index (χ2n) is 15.0. The maximum absolute atomic E-state index is 13.9. The summed E-state index contributed by atoms with van der Waals surface area (Å²) in [6, 6.07) is -0.315. The van der Waals surface area contributed by atoms with Crippen molar-refractivity contribution in [1.29, 1.82) is 0 Å². The third-order valence-corrected chi connectivity index (χ3v) is 12.0. The van der Waals surface area contributed by atoms with Gasteiger partial charge in [-0.15, -0.1) is 10.2 Å². The number of aliphatic hydroxyl groups is 3. The van der Waals surface area contributed by atoms with E-state index < -0.39 is 90.4 Å². The Balaban J connectivity index is 1.07. The number of nitrogens with two attached hydrogens (primary N) is 1. The summed E-state index contributed by atoms with van der Waals surface area (Å²) < 4.78 is 63.6. The van der Waals surface area contributed by atoms with Crippen LogP contribution in [0.2, 0.25) is 0 Å². The molecule has 0 aromatic heterocycles. The normalized spacial score (nSPS) is 26.4. The first-order valence-electron chi connectivity index (χ1n) is 19.9. The lowest BCUT2D eigenvalue weighted by Gasteiger charge is -2.42. The highest BCUT2D eigenvalue weighted by Gasteiger charge is 2.65. The molecule has 0 saturated carbocycles. The number of fused-ring (bicyclic) bond motifs is 1. The molecule has 4 aliphatic heterocycles. The SMILES string of the molecule is CC(=O)N[C@@H]1[C@@H](O)[C@H](O)[C@@H](CO)O[C@H]1C(=O)C[C@H](NC(=O)c1ccc(C2(C(F)(F)F)N=N2)cc1OCCOCCOCCNC(=O)CCCC[C@@H]1SC[C@@H]2NC(=O)N[C@@H]21)C(N)=O. The Morgan fingerprint density at radius 2 is 1.76 bits per heavy atom. The Bertz CT molecular complexity index is 1820. The molecule has 3 saturated heterocycles. The van der Waals surface area contributed by atoms with Crippen molar-refractivity contribution >= 4 is 47.2 Å². The number of hydrogen-bond acceptors (Lipinski definition) is 16. The second-order valence-corrected chi connectivity index (χ2v) is 16.2. The molecule has 1 aromatic rings. The van der Waals surface area contributed by atoms with Crippen molar-refractivity contribution in [3.63, 3.8) is 0 Å². The average Bonchev–Trinajstić information content (AvgIpc) is 3.86. The predicted molar refractivity (Wildman–Crippen MR) is 209 cm³/mol. The Morgan fingerprint density at radius 1 is 1.05 bits per heavy atom. The quantitative estimate of drug-likeness (QED) is 0.0428. The highest BCUT2D eigenvalue weighted by molar-refractivity contribution is 8.00. The number of primary amides is 1. The smallest absolute Gasteiger partial charge is 0.442 e. The van der Waals surface area contributed by atoms with Gasteiger partial charge < -0.3 is 66.6 Å². The lowest BCUT2D eigenvalue weighted by molar-refractivity contribution is -0.197. The molecule has 0 unspecified atom stereocenters. The van der Waals surface area contributed by atoms with E-state index in [9.17, 15) is 57.3 Å². The van der Waals surface area contributed by atoms with Crippen LogP contribution in [0.5, 0.6) is 5.75 Å². The van der Waals surface area contributed by atoms with Crippen molar-refractivity contribution < 1.29 is 76.2 Å². The van der Waals surface area contributed by atoms with Gasteiger partial charge in [0.1, 0.15) is 42.8 Å². The molecular weight excluding hydrogens is 854 g/mol. The summed E-state index contributed by atoms with van der Waals surface area (Å²) >= 11 is 1.82. The predicted octanol–water partition coefficient (Wildman–Crippen LogP) is -1.35. The van der Waals surface area contributed by atoms with Crippen LogP contribution in [-0.2, 0) is 39.1 Å². The summed E-state index contributed by atoms with van der Waals surface area (Å²) in [5, 5.41) is 50.2. The first-order chi connectivity index (χ1) is 29.4. The number of unbranched alkanes of at least 4 members (excludes halogenated alkanes) is 1.